The zero-order valence-electron chi connectivity index (χ0n) is 22.0. The molecule has 0 aliphatic carbocycles. The Balaban J connectivity index is 3.17. The highest BCUT2D eigenvalue weighted by Gasteiger charge is 2.25. The van der Waals surface area contributed by atoms with Crippen molar-refractivity contribution < 1.29 is 31.0 Å². The third-order valence-corrected chi connectivity index (χ3v) is 7.57. The standard InChI is InChI=1S/C25H46N2O7S2/c1-4-6-8-10-12-14-16-23(26-35(29,30)31)21-18-20(3)25(28)22(19-21)24(27-36(32,33)34)17-15-13-11-9-7-5-2/h18-19,23-24,26-28H,4-17H2,1-3H3,(H,29,30,31)(H,32,33,34). The highest BCUT2D eigenvalue weighted by Crippen LogP contribution is 2.35. The van der Waals surface area contributed by atoms with Gasteiger partial charge in [0, 0.05) is 11.6 Å². The summed E-state index contributed by atoms with van der Waals surface area (Å²) in [7, 11) is -9.05. The van der Waals surface area contributed by atoms with Crippen LogP contribution in [0, 0.1) is 6.92 Å². The van der Waals surface area contributed by atoms with Gasteiger partial charge in [0.05, 0.1) is 6.04 Å². The van der Waals surface area contributed by atoms with Crippen LogP contribution in [0.25, 0.3) is 0 Å². The van der Waals surface area contributed by atoms with Crippen molar-refractivity contribution >= 4 is 20.6 Å². The van der Waals surface area contributed by atoms with Crippen molar-refractivity contribution in [3.8, 4) is 5.75 Å². The predicted octanol–water partition coefficient (Wildman–Crippen LogP) is 6.07. The minimum Gasteiger partial charge on any atom is -0.507 e. The number of aromatic hydroxyl groups is 1. The third-order valence-electron chi connectivity index (χ3n) is 6.41. The summed E-state index contributed by atoms with van der Waals surface area (Å²) in [6.07, 6.45) is 12.8. The molecule has 0 fully saturated rings. The highest BCUT2D eigenvalue weighted by atomic mass is 32.2. The number of unbranched alkanes of at least 4 members (excludes halogenated alkanes) is 10. The van der Waals surface area contributed by atoms with Crippen LogP contribution >= 0.6 is 0 Å². The van der Waals surface area contributed by atoms with E-state index in [1.54, 1.807) is 19.1 Å². The summed E-state index contributed by atoms with van der Waals surface area (Å²) < 4.78 is 70.1. The molecule has 0 aliphatic heterocycles. The van der Waals surface area contributed by atoms with Crippen LogP contribution in [0.15, 0.2) is 12.1 Å². The molecule has 0 bridgehead atoms. The third kappa shape index (κ3) is 13.9. The van der Waals surface area contributed by atoms with Crippen molar-refractivity contribution in [1.29, 1.82) is 0 Å². The fraction of sp³-hybridized carbons (Fsp3) is 0.760. The molecule has 36 heavy (non-hydrogen) atoms. The second-order valence-electron chi connectivity index (χ2n) is 9.68. The molecule has 1 rings (SSSR count). The van der Waals surface area contributed by atoms with Gasteiger partial charge < -0.3 is 5.11 Å². The molecule has 0 amide bonds. The lowest BCUT2D eigenvalue weighted by molar-refractivity contribution is 0.421. The first-order chi connectivity index (χ1) is 16.9. The number of hydrogen-bond acceptors (Lipinski definition) is 5. The van der Waals surface area contributed by atoms with Crippen LogP contribution in [-0.2, 0) is 20.6 Å². The van der Waals surface area contributed by atoms with Crippen LogP contribution in [0.1, 0.15) is 133 Å². The van der Waals surface area contributed by atoms with Gasteiger partial charge in [0.1, 0.15) is 5.75 Å². The van der Waals surface area contributed by atoms with Gasteiger partial charge in [-0.05, 0) is 37.0 Å². The lowest BCUT2D eigenvalue weighted by Crippen LogP contribution is -2.30. The van der Waals surface area contributed by atoms with Crippen LogP contribution in [0.4, 0.5) is 0 Å². The molecule has 9 nitrogen and oxygen atoms in total. The predicted molar refractivity (Wildman–Crippen MR) is 144 cm³/mol. The zero-order chi connectivity index (χ0) is 27.2. The molecule has 0 saturated heterocycles. The van der Waals surface area contributed by atoms with Gasteiger partial charge in [-0.3, -0.25) is 9.11 Å². The quantitative estimate of drug-likeness (QED) is 0.0975. The second kappa shape index (κ2) is 16.6. The maximum atomic E-state index is 11.7. The van der Waals surface area contributed by atoms with E-state index in [1.165, 1.54) is 0 Å². The maximum absolute atomic E-state index is 11.7. The lowest BCUT2D eigenvalue weighted by atomic mass is 9.92. The Kier molecular flexibility index (Phi) is 15.1. The van der Waals surface area contributed by atoms with Gasteiger partial charge in [0.15, 0.2) is 0 Å². The minimum absolute atomic E-state index is 0.115. The van der Waals surface area contributed by atoms with Gasteiger partial charge in [-0.1, -0.05) is 97.0 Å². The van der Waals surface area contributed by atoms with Gasteiger partial charge in [0.2, 0.25) is 0 Å². The first-order valence-electron chi connectivity index (χ1n) is 13.2. The molecular formula is C25H46N2O7S2. The number of hydrogen-bond donors (Lipinski definition) is 5. The summed E-state index contributed by atoms with van der Waals surface area (Å²) in [6.45, 7) is 5.90. The molecule has 0 spiro atoms. The van der Waals surface area contributed by atoms with Gasteiger partial charge in [-0.2, -0.15) is 26.3 Å². The van der Waals surface area contributed by atoms with Crippen molar-refractivity contribution in [2.75, 3.05) is 0 Å². The van der Waals surface area contributed by atoms with E-state index in [2.05, 4.69) is 23.3 Å². The molecule has 0 heterocycles. The zero-order valence-corrected chi connectivity index (χ0v) is 23.6. The molecule has 0 radical (unpaired) electrons. The average molecular weight is 551 g/mol. The Morgan fingerprint density at radius 1 is 0.694 bits per heavy atom. The Morgan fingerprint density at radius 3 is 1.58 bits per heavy atom. The highest BCUT2D eigenvalue weighted by molar-refractivity contribution is 7.84. The van der Waals surface area contributed by atoms with Gasteiger partial charge in [0.25, 0.3) is 0 Å². The van der Waals surface area contributed by atoms with Crippen LogP contribution < -0.4 is 9.44 Å². The summed E-state index contributed by atoms with van der Waals surface area (Å²) >= 11 is 0. The van der Waals surface area contributed by atoms with Crippen molar-refractivity contribution in [1.82, 2.24) is 9.44 Å². The van der Waals surface area contributed by atoms with Crippen LogP contribution in [0.5, 0.6) is 5.75 Å². The smallest absolute Gasteiger partial charge is 0.333 e. The van der Waals surface area contributed by atoms with Crippen molar-refractivity contribution in [3.63, 3.8) is 0 Å². The largest absolute Gasteiger partial charge is 0.507 e. The number of rotatable bonds is 20. The molecule has 1 aromatic rings. The number of phenolic OH excluding ortho intramolecular Hbond substituents is 1. The lowest BCUT2D eigenvalue weighted by Gasteiger charge is -2.24. The molecule has 2 atom stereocenters. The normalized spacial score (nSPS) is 14.1. The second-order valence-corrected chi connectivity index (χ2v) is 12.1. The summed E-state index contributed by atoms with van der Waals surface area (Å²) in [5, 5.41) is 10.8. The Hall–Kier alpha value is -1.24. The van der Waals surface area contributed by atoms with Gasteiger partial charge in [-0.25, -0.2) is 0 Å². The van der Waals surface area contributed by atoms with Crippen molar-refractivity contribution in [2.24, 2.45) is 0 Å². The molecule has 1 aromatic carbocycles. The first-order valence-corrected chi connectivity index (χ1v) is 16.1. The molecule has 0 saturated carbocycles. The molecule has 0 aromatic heterocycles. The van der Waals surface area contributed by atoms with Gasteiger partial charge >= 0.3 is 20.6 Å². The summed E-state index contributed by atoms with van der Waals surface area (Å²) in [5.74, 6) is -0.115. The fourth-order valence-corrected chi connectivity index (χ4v) is 5.71. The average Bonchev–Trinajstić information content (AvgIpc) is 2.77. The Bertz CT molecular complexity index is 982. The van der Waals surface area contributed by atoms with Crippen LogP contribution in [0.2, 0.25) is 0 Å². The van der Waals surface area contributed by atoms with Crippen molar-refractivity contribution in [2.45, 2.75) is 123 Å². The minimum atomic E-state index is -4.55. The molecule has 5 N–H and O–H groups in total. The van der Waals surface area contributed by atoms with E-state index >= 15 is 0 Å². The summed E-state index contributed by atoms with van der Waals surface area (Å²) in [5.41, 5.74) is 1.22. The maximum Gasteiger partial charge on any atom is 0.333 e. The summed E-state index contributed by atoms with van der Waals surface area (Å²) in [4.78, 5) is 0. The van der Waals surface area contributed by atoms with E-state index in [0.717, 1.165) is 70.6 Å². The van der Waals surface area contributed by atoms with E-state index in [4.69, 9.17) is 0 Å². The molecular weight excluding hydrogens is 504 g/mol. The fourth-order valence-electron chi connectivity index (χ4n) is 4.49. The van der Waals surface area contributed by atoms with Crippen LogP contribution in [0.3, 0.4) is 0 Å². The SMILES string of the molecule is CCCCCCCCC(NS(=O)(=O)O)c1cc(C)c(O)c(C(CCCCCCCC)NS(=O)(=O)O)c1. The van der Waals surface area contributed by atoms with Gasteiger partial charge in [-0.15, -0.1) is 0 Å². The van der Waals surface area contributed by atoms with E-state index in [9.17, 15) is 31.0 Å². The Morgan fingerprint density at radius 2 is 1.11 bits per heavy atom. The molecule has 11 heteroatoms. The summed E-state index contributed by atoms with van der Waals surface area (Å²) in [6, 6.07) is 1.56. The van der Waals surface area contributed by atoms with E-state index < -0.39 is 32.7 Å². The van der Waals surface area contributed by atoms with E-state index in [-0.39, 0.29) is 11.3 Å². The molecule has 210 valence electrons. The molecule has 2 unspecified atom stereocenters. The first kappa shape index (κ1) is 32.8. The number of aryl methyl sites for hydroxylation is 1. The van der Waals surface area contributed by atoms with Crippen LogP contribution in [-0.4, -0.2) is 31.0 Å². The molecule has 0 aliphatic rings. The number of phenols is 1. The van der Waals surface area contributed by atoms with E-state index in [0.29, 0.717) is 30.4 Å². The number of benzene rings is 1. The topological polar surface area (TPSA) is 153 Å². The van der Waals surface area contributed by atoms with E-state index in [1.807, 2.05) is 0 Å². The monoisotopic (exact) mass is 550 g/mol. The number of nitrogens with one attached hydrogen (secondary N) is 2. The Labute approximate surface area is 218 Å². The van der Waals surface area contributed by atoms with Crippen molar-refractivity contribution in [3.05, 3.63) is 28.8 Å².